The number of nitrogens with zero attached hydrogens (tertiary/aromatic N) is 2. The standard InChI is InChI=1S/C13H13Cl2N3O/c14-10-3-2-9(8-11(10)15)12-4-5-13(19)18(17-12)7-1-6-16/h2-5,8H,1,6-7,16H2. The predicted octanol–water partition coefficient (Wildman–Crippen LogP) is 2.57. The number of nitrogens with two attached hydrogens (primary N) is 1. The molecule has 0 spiro atoms. The molecule has 100 valence electrons. The zero-order chi connectivity index (χ0) is 13.8. The fraction of sp³-hybridized carbons (Fsp3) is 0.231. The van der Waals surface area contributed by atoms with E-state index in [4.69, 9.17) is 28.9 Å². The molecule has 1 aromatic carbocycles. The van der Waals surface area contributed by atoms with E-state index in [1.165, 1.54) is 10.7 Å². The average molecular weight is 298 g/mol. The molecule has 0 amide bonds. The Balaban J connectivity index is 2.39. The maximum Gasteiger partial charge on any atom is 0.266 e. The summed E-state index contributed by atoms with van der Waals surface area (Å²) in [6.45, 7) is 1.02. The summed E-state index contributed by atoms with van der Waals surface area (Å²) in [6, 6.07) is 8.40. The Morgan fingerprint density at radius 3 is 2.63 bits per heavy atom. The van der Waals surface area contributed by atoms with Crippen molar-refractivity contribution in [1.29, 1.82) is 0 Å². The van der Waals surface area contributed by atoms with Gasteiger partial charge in [0, 0.05) is 18.2 Å². The van der Waals surface area contributed by atoms with Crippen molar-refractivity contribution in [3.05, 3.63) is 50.7 Å². The van der Waals surface area contributed by atoms with Crippen LogP contribution in [0.1, 0.15) is 6.42 Å². The van der Waals surface area contributed by atoms with Crippen LogP contribution < -0.4 is 11.3 Å². The molecule has 0 aliphatic carbocycles. The van der Waals surface area contributed by atoms with Crippen LogP contribution in [0.15, 0.2) is 35.1 Å². The third kappa shape index (κ3) is 3.35. The van der Waals surface area contributed by atoms with E-state index in [1.807, 2.05) is 6.07 Å². The van der Waals surface area contributed by atoms with Crippen LogP contribution in [0.3, 0.4) is 0 Å². The number of halogens is 2. The summed E-state index contributed by atoms with van der Waals surface area (Å²) in [5.41, 5.74) is 6.79. The molecule has 1 aromatic heterocycles. The Kier molecular flexibility index (Phi) is 4.58. The molecule has 0 saturated carbocycles. The molecule has 2 N–H and O–H groups in total. The van der Waals surface area contributed by atoms with E-state index < -0.39 is 0 Å². The molecule has 2 aromatic rings. The molecule has 6 heteroatoms. The molecule has 0 aliphatic rings. The second-order valence-electron chi connectivity index (χ2n) is 4.05. The Morgan fingerprint density at radius 1 is 1.16 bits per heavy atom. The first-order valence-corrected chi connectivity index (χ1v) is 6.61. The van der Waals surface area contributed by atoms with Crippen LogP contribution in [0.5, 0.6) is 0 Å². The van der Waals surface area contributed by atoms with E-state index in [9.17, 15) is 4.79 Å². The second-order valence-corrected chi connectivity index (χ2v) is 4.87. The number of hydrogen-bond acceptors (Lipinski definition) is 3. The van der Waals surface area contributed by atoms with Crippen LogP contribution in [0.2, 0.25) is 10.0 Å². The highest BCUT2D eigenvalue weighted by molar-refractivity contribution is 6.42. The first kappa shape index (κ1) is 14.1. The van der Waals surface area contributed by atoms with Crippen molar-refractivity contribution in [2.24, 2.45) is 5.73 Å². The van der Waals surface area contributed by atoms with Gasteiger partial charge in [-0.25, -0.2) is 4.68 Å². The van der Waals surface area contributed by atoms with Gasteiger partial charge in [-0.2, -0.15) is 5.10 Å². The quantitative estimate of drug-likeness (QED) is 0.943. The van der Waals surface area contributed by atoms with Gasteiger partial charge in [0.05, 0.1) is 15.7 Å². The van der Waals surface area contributed by atoms with Crippen molar-refractivity contribution in [3.8, 4) is 11.3 Å². The summed E-state index contributed by atoms with van der Waals surface area (Å²) >= 11 is 11.8. The van der Waals surface area contributed by atoms with Gasteiger partial charge < -0.3 is 5.73 Å². The molecule has 19 heavy (non-hydrogen) atoms. The molecule has 0 fully saturated rings. The number of aryl methyl sites for hydroxylation is 1. The van der Waals surface area contributed by atoms with Gasteiger partial charge in [0.15, 0.2) is 0 Å². The van der Waals surface area contributed by atoms with Gasteiger partial charge in [0.1, 0.15) is 0 Å². The van der Waals surface area contributed by atoms with E-state index in [-0.39, 0.29) is 5.56 Å². The largest absolute Gasteiger partial charge is 0.330 e. The number of rotatable bonds is 4. The minimum atomic E-state index is -0.141. The topological polar surface area (TPSA) is 60.9 Å². The Morgan fingerprint density at radius 2 is 1.95 bits per heavy atom. The van der Waals surface area contributed by atoms with Gasteiger partial charge in [0.2, 0.25) is 0 Å². The fourth-order valence-electron chi connectivity index (χ4n) is 1.66. The van der Waals surface area contributed by atoms with Crippen LogP contribution in [-0.2, 0) is 6.54 Å². The molecule has 0 radical (unpaired) electrons. The minimum Gasteiger partial charge on any atom is -0.330 e. The van der Waals surface area contributed by atoms with Crippen molar-refractivity contribution < 1.29 is 0 Å². The molecular weight excluding hydrogens is 285 g/mol. The van der Waals surface area contributed by atoms with Crippen molar-refractivity contribution in [2.75, 3.05) is 6.54 Å². The van der Waals surface area contributed by atoms with Crippen molar-refractivity contribution in [1.82, 2.24) is 9.78 Å². The number of hydrogen-bond donors (Lipinski definition) is 1. The Labute approximate surface area is 120 Å². The Bertz CT molecular complexity index is 640. The van der Waals surface area contributed by atoms with Crippen molar-refractivity contribution >= 4 is 23.2 Å². The first-order valence-electron chi connectivity index (χ1n) is 5.85. The van der Waals surface area contributed by atoms with E-state index in [1.54, 1.807) is 18.2 Å². The van der Waals surface area contributed by atoms with E-state index in [2.05, 4.69) is 5.10 Å². The van der Waals surface area contributed by atoms with Crippen LogP contribution in [-0.4, -0.2) is 16.3 Å². The highest BCUT2D eigenvalue weighted by Gasteiger charge is 2.05. The molecule has 0 bridgehead atoms. The first-order chi connectivity index (χ1) is 9.11. The Hall–Kier alpha value is -1.36. The van der Waals surface area contributed by atoms with Gasteiger partial charge in [-0.05, 0) is 31.2 Å². The minimum absolute atomic E-state index is 0.141. The van der Waals surface area contributed by atoms with Crippen LogP contribution in [0, 0.1) is 0 Å². The van der Waals surface area contributed by atoms with E-state index in [0.717, 1.165) is 5.56 Å². The number of benzene rings is 1. The lowest BCUT2D eigenvalue weighted by Crippen LogP contribution is -2.23. The summed E-state index contributed by atoms with van der Waals surface area (Å²) in [5.74, 6) is 0. The SMILES string of the molecule is NCCCn1nc(-c2ccc(Cl)c(Cl)c2)ccc1=O. The molecule has 1 heterocycles. The van der Waals surface area contributed by atoms with Crippen molar-refractivity contribution in [2.45, 2.75) is 13.0 Å². The third-order valence-corrected chi connectivity index (χ3v) is 3.40. The summed E-state index contributed by atoms with van der Waals surface area (Å²) < 4.78 is 1.41. The maximum absolute atomic E-state index is 11.6. The summed E-state index contributed by atoms with van der Waals surface area (Å²) in [7, 11) is 0. The normalized spacial score (nSPS) is 10.7. The van der Waals surface area contributed by atoms with Crippen LogP contribution in [0.25, 0.3) is 11.3 Å². The second kappa shape index (κ2) is 6.19. The third-order valence-electron chi connectivity index (χ3n) is 2.66. The maximum atomic E-state index is 11.6. The van der Waals surface area contributed by atoms with Crippen LogP contribution in [0.4, 0.5) is 0 Å². The van der Waals surface area contributed by atoms with Gasteiger partial charge >= 0.3 is 0 Å². The lowest BCUT2D eigenvalue weighted by atomic mass is 10.1. The molecule has 0 saturated heterocycles. The van der Waals surface area contributed by atoms with Gasteiger partial charge in [-0.3, -0.25) is 4.79 Å². The number of aromatic nitrogens is 2. The van der Waals surface area contributed by atoms with Gasteiger partial charge in [0.25, 0.3) is 5.56 Å². The molecule has 0 atom stereocenters. The highest BCUT2D eigenvalue weighted by Crippen LogP contribution is 2.26. The van der Waals surface area contributed by atoms with E-state index in [0.29, 0.717) is 35.2 Å². The molecule has 2 rings (SSSR count). The monoisotopic (exact) mass is 297 g/mol. The zero-order valence-corrected chi connectivity index (χ0v) is 11.7. The van der Waals surface area contributed by atoms with E-state index >= 15 is 0 Å². The zero-order valence-electron chi connectivity index (χ0n) is 10.1. The summed E-state index contributed by atoms with van der Waals surface area (Å²) in [4.78, 5) is 11.6. The lowest BCUT2D eigenvalue weighted by Gasteiger charge is -2.07. The highest BCUT2D eigenvalue weighted by atomic mass is 35.5. The molecular formula is C13H13Cl2N3O. The predicted molar refractivity (Wildman–Crippen MR) is 77.6 cm³/mol. The molecule has 4 nitrogen and oxygen atoms in total. The summed E-state index contributed by atoms with van der Waals surface area (Å²) in [5, 5.41) is 5.24. The average Bonchev–Trinajstić information content (AvgIpc) is 2.41. The van der Waals surface area contributed by atoms with Crippen LogP contribution >= 0.6 is 23.2 Å². The lowest BCUT2D eigenvalue weighted by molar-refractivity contribution is 0.556. The summed E-state index contributed by atoms with van der Waals surface area (Å²) in [6.07, 6.45) is 0.706. The molecule has 0 unspecified atom stereocenters. The van der Waals surface area contributed by atoms with Gasteiger partial charge in [-0.15, -0.1) is 0 Å². The van der Waals surface area contributed by atoms with Gasteiger partial charge in [-0.1, -0.05) is 29.3 Å². The fourth-order valence-corrected chi connectivity index (χ4v) is 1.96. The smallest absolute Gasteiger partial charge is 0.266 e. The van der Waals surface area contributed by atoms with Crippen molar-refractivity contribution in [3.63, 3.8) is 0 Å². The molecule has 0 aliphatic heterocycles.